The van der Waals surface area contributed by atoms with Gasteiger partial charge in [-0.3, -0.25) is 4.99 Å². The van der Waals surface area contributed by atoms with Crippen LogP contribution < -0.4 is 5.73 Å². The van der Waals surface area contributed by atoms with Gasteiger partial charge in [-0.1, -0.05) is 112 Å². The van der Waals surface area contributed by atoms with Gasteiger partial charge in [0.1, 0.15) is 13.5 Å². The highest BCUT2D eigenvalue weighted by Crippen LogP contribution is 2.21. The monoisotopic (exact) mass is 698 g/mol. The third-order valence-corrected chi connectivity index (χ3v) is 8.67. The third kappa shape index (κ3) is 27.3. The van der Waals surface area contributed by atoms with Crippen molar-refractivity contribution < 1.29 is 9.47 Å². The molecule has 2 aromatic rings. The minimum atomic E-state index is 0.406. The van der Waals surface area contributed by atoms with Crippen LogP contribution in [0.25, 0.3) is 12.2 Å². The molecule has 0 aliphatic carbocycles. The molecule has 48 heavy (non-hydrogen) atoms. The summed E-state index contributed by atoms with van der Waals surface area (Å²) in [6, 6.07) is 6.13. The van der Waals surface area contributed by atoms with Gasteiger partial charge in [-0.15, -0.1) is 23.1 Å². The van der Waals surface area contributed by atoms with Crippen LogP contribution in [0.4, 0.5) is 0 Å². The number of aromatic nitrogens is 2. The first kappa shape index (κ1) is 45.3. The lowest BCUT2D eigenvalue weighted by Crippen LogP contribution is -2.06. The largest absolute Gasteiger partial charge is 0.399 e. The molecule has 0 saturated heterocycles. The lowest BCUT2D eigenvalue weighted by atomic mass is 10.0. The second kappa shape index (κ2) is 34.2. The van der Waals surface area contributed by atoms with Crippen molar-refractivity contribution in [3.05, 3.63) is 87.4 Å². The molecule has 0 amide bonds. The van der Waals surface area contributed by atoms with Crippen molar-refractivity contribution >= 4 is 41.5 Å². The summed E-state index contributed by atoms with van der Waals surface area (Å²) < 4.78 is 12.7. The van der Waals surface area contributed by atoms with Gasteiger partial charge >= 0.3 is 0 Å². The number of nitrogens with zero attached hydrogens (tertiary/aromatic N) is 3. The van der Waals surface area contributed by atoms with Crippen molar-refractivity contribution in [1.82, 2.24) is 9.78 Å². The number of rotatable bonds is 19. The lowest BCUT2D eigenvalue weighted by Gasteiger charge is -2.04. The van der Waals surface area contributed by atoms with E-state index in [1.807, 2.05) is 29.0 Å². The van der Waals surface area contributed by atoms with E-state index in [4.69, 9.17) is 15.2 Å². The Balaban J connectivity index is 0.000000709. The molecule has 1 atom stereocenters. The summed E-state index contributed by atoms with van der Waals surface area (Å²) in [7, 11) is 0. The number of nitrogens with two attached hydrogens (primary N) is 1. The number of thiophene rings is 1. The van der Waals surface area contributed by atoms with Crippen LogP contribution in [0.1, 0.15) is 117 Å². The topological polar surface area (TPSA) is 74.7 Å². The summed E-state index contributed by atoms with van der Waals surface area (Å²) in [4.78, 5) is 6.60. The average Bonchev–Trinajstić information content (AvgIpc) is 3.81. The van der Waals surface area contributed by atoms with Crippen LogP contribution in [0.3, 0.4) is 0 Å². The zero-order valence-corrected chi connectivity index (χ0v) is 32.7. The predicted molar refractivity (Wildman–Crippen MR) is 217 cm³/mol. The first-order valence-corrected chi connectivity index (χ1v) is 19.8. The minimum absolute atomic E-state index is 0.406. The number of thioether (sulfide) groups is 1. The van der Waals surface area contributed by atoms with Gasteiger partial charge in [-0.25, -0.2) is 4.68 Å². The molecule has 3 rings (SSSR count). The summed E-state index contributed by atoms with van der Waals surface area (Å²) in [5.74, 6) is 1.97. The average molecular weight is 699 g/mol. The van der Waals surface area contributed by atoms with Crippen molar-refractivity contribution in [3.63, 3.8) is 0 Å². The second-order valence-corrected chi connectivity index (χ2v) is 13.4. The van der Waals surface area contributed by atoms with Crippen molar-refractivity contribution in [1.29, 1.82) is 0 Å². The van der Waals surface area contributed by atoms with Crippen molar-refractivity contribution in [2.75, 3.05) is 25.7 Å². The van der Waals surface area contributed by atoms with Gasteiger partial charge in [0, 0.05) is 46.9 Å². The second-order valence-electron chi connectivity index (χ2n) is 11.3. The molecule has 6 nitrogen and oxygen atoms in total. The van der Waals surface area contributed by atoms with E-state index in [1.54, 1.807) is 41.6 Å². The van der Waals surface area contributed by atoms with Crippen LogP contribution in [0.2, 0.25) is 0 Å². The van der Waals surface area contributed by atoms with Gasteiger partial charge < -0.3 is 15.2 Å². The molecular formula is C40H66N4O2S2. The smallest absolute Gasteiger partial charge is 0.139 e. The number of aliphatic imine (C=N–C) groups is 1. The maximum atomic E-state index is 5.86. The summed E-state index contributed by atoms with van der Waals surface area (Å²) in [5.41, 5.74) is 7.61. The Morgan fingerprint density at radius 3 is 2.40 bits per heavy atom. The molecule has 2 N–H and O–H groups in total. The van der Waals surface area contributed by atoms with Crippen molar-refractivity contribution in [2.45, 2.75) is 113 Å². The molecule has 1 aliphatic rings. The van der Waals surface area contributed by atoms with E-state index < -0.39 is 0 Å². The number of unbranched alkanes of at least 4 members (excludes halogenated alkanes) is 3. The normalized spacial score (nSPS) is 13.5. The van der Waals surface area contributed by atoms with Gasteiger partial charge in [0.05, 0.1) is 5.69 Å². The molecular weight excluding hydrogens is 633 g/mol. The number of hydrogen-bond donors (Lipinski definition) is 1. The van der Waals surface area contributed by atoms with Crippen LogP contribution in [-0.4, -0.2) is 41.7 Å². The summed E-state index contributed by atoms with van der Waals surface area (Å²) in [6.07, 6.45) is 30.9. The fourth-order valence-corrected chi connectivity index (χ4v) is 5.00. The molecule has 2 aromatic heterocycles. The van der Waals surface area contributed by atoms with E-state index in [2.05, 4.69) is 100 Å². The Hall–Kier alpha value is -2.65. The van der Waals surface area contributed by atoms with E-state index >= 15 is 0 Å². The maximum Gasteiger partial charge on any atom is 0.139 e. The van der Waals surface area contributed by atoms with Crippen LogP contribution in [0.5, 0.6) is 0 Å². The standard InChI is InChI=1S/C16H24N2OS.C13H16N2OS.C7H16.C4H10/c1-2-3-5-12-19-14-18-11-10-15(17)8-9-16-7-4-6-13-20-16;1-2-9-16-11-15-12(7-8-14-15)5-6-13-4-3-10-17-13;1-4-6-7(3)5-2;1-3-4-2/h4,6-11H,2-3,5,12-14,17H2,1H3;3-8,10H,2,9,11H2,1H3;7H,4-6H2,1-3H3;3-4H2,1-2H3/b9-8+,15-10-,18-11+;6-5+;;. The minimum Gasteiger partial charge on any atom is -0.399 e. The van der Waals surface area contributed by atoms with E-state index in [-0.39, 0.29) is 0 Å². The summed E-state index contributed by atoms with van der Waals surface area (Å²) in [5, 5.41) is 6.30. The first-order chi connectivity index (χ1) is 23.4. The van der Waals surface area contributed by atoms with Crippen LogP contribution >= 0.6 is 23.1 Å². The Morgan fingerprint density at radius 2 is 1.79 bits per heavy atom. The zero-order chi connectivity index (χ0) is 35.5. The predicted octanol–water partition coefficient (Wildman–Crippen LogP) is 11.9. The fraction of sp³-hybridized carbons (Fsp3) is 0.550. The molecule has 1 unspecified atom stereocenters. The Bertz CT molecular complexity index is 1160. The lowest BCUT2D eigenvalue weighted by molar-refractivity contribution is 0.0689. The highest BCUT2D eigenvalue weighted by atomic mass is 32.2. The zero-order valence-electron chi connectivity index (χ0n) is 31.1. The van der Waals surface area contributed by atoms with E-state index in [1.165, 1.54) is 54.7 Å². The highest BCUT2D eigenvalue weighted by molar-refractivity contribution is 8.03. The molecule has 0 fully saturated rings. The summed E-state index contributed by atoms with van der Waals surface area (Å²) in [6.45, 7) is 17.9. The SMILES string of the molecule is CCCC.CCCC(C)CC.CCCCCOC/N=C/C=C(N)/C=C/C1=CC=CCS1.CCCOCn1nccc1/C=C/c1cccs1. The van der Waals surface area contributed by atoms with Crippen LogP contribution in [-0.2, 0) is 16.2 Å². The van der Waals surface area contributed by atoms with E-state index in [0.717, 1.165) is 43.4 Å². The maximum absolute atomic E-state index is 5.86. The Labute approximate surface area is 302 Å². The van der Waals surface area contributed by atoms with Gasteiger partial charge in [0.15, 0.2) is 0 Å². The molecule has 0 bridgehead atoms. The number of ether oxygens (including phenoxy) is 2. The molecule has 270 valence electrons. The van der Waals surface area contributed by atoms with Gasteiger partial charge in [0.2, 0.25) is 0 Å². The molecule has 0 saturated carbocycles. The van der Waals surface area contributed by atoms with Gasteiger partial charge in [-0.2, -0.15) is 5.10 Å². The van der Waals surface area contributed by atoms with Crippen molar-refractivity contribution in [3.8, 4) is 0 Å². The van der Waals surface area contributed by atoms with Crippen LogP contribution in [0, 0.1) is 5.92 Å². The number of hydrogen-bond acceptors (Lipinski definition) is 7. The van der Waals surface area contributed by atoms with Crippen LogP contribution in [0.15, 0.2) is 81.8 Å². The van der Waals surface area contributed by atoms with E-state index in [9.17, 15) is 0 Å². The van der Waals surface area contributed by atoms with Crippen molar-refractivity contribution in [2.24, 2.45) is 16.6 Å². The third-order valence-electron chi connectivity index (χ3n) is 6.86. The Morgan fingerprint density at radius 1 is 0.979 bits per heavy atom. The first-order valence-electron chi connectivity index (χ1n) is 18.0. The molecule has 0 radical (unpaired) electrons. The van der Waals surface area contributed by atoms with Gasteiger partial charge in [0.25, 0.3) is 0 Å². The molecule has 0 spiro atoms. The quantitative estimate of drug-likeness (QED) is 0.0898. The van der Waals surface area contributed by atoms with Gasteiger partial charge in [-0.05, 0) is 72.7 Å². The molecule has 8 heteroatoms. The molecule has 0 aromatic carbocycles. The fourth-order valence-electron chi connectivity index (χ4n) is 3.64. The van der Waals surface area contributed by atoms with E-state index in [0.29, 0.717) is 19.2 Å². The summed E-state index contributed by atoms with van der Waals surface area (Å²) >= 11 is 3.52. The molecule has 3 heterocycles. The Kier molecular flexibility index (Phi) is 32.3. The molecule has 1 aliphatic heterocycles. The highest BCUT2D eigenvalue weighted by Gasteiger charge is 1.99. The number of allylic oxidation sites excluding steroid dienone is 5.